The maximum Gasteiger partial charge on any atom is 0.292 e. The molecule has 1 aliphatic rings. The van der Waals surface area contributed by atoms with Crippen molar-refractivity contribution in [3.05, 3.63) is 33.3 Å². The number of halogens is 1. The zero-order valence-electron chi connectivity index (χ0n) is 9.30. The van der Waals surface area contributed by atoms with Crippen LogP contribution in [0.25, 0.3) is 0 Å². The summed E-state index contributed by atoms with van der Waals surface area (Å²) in [5.74, 6) is 0.411. The van der Waals surface area contributed by atoms with Crippen molar-refractivity contribution in [2.45, 2.75) is 6.42 Å². The molecule has 1 aromatic carbocycles. The van der Waals surface area contributed by atoms with E-state index in [1.54, 1.807) is 12.1 Å². The largest absolute Gasteiger partial charge is 0.366 e. The maximum atomic E-state index is 11.0. The van der Waals surface area contributed by atoms with Gasteiger partial charge in [0.05, 0.1) is 4.92 Å². The number of nitro benzene ring substituents is 1. The number of rotatable bonds is 3. The Bertz CT molecular complexity index is 439. The van der Waals surface area contributed by atoms with Crippen molar-refractivity contribution in [3.8, 4) is 0 Å². The Balaban J connectivity index is 2.31. The summed E-state index contributed by atoms with van der Waals surface area (Å²) in [4.78, 5) is 12.6. The lowest BCUT2D eigenvalue weighted by Crippen LogP contribution is -2.23. The van der Waals surface area contributed by atoms with Gasteiger partial charge in [-0.05, 0) is 31.0 Å². The van der Waals surface area contributed by atoms with Crippen LogP contribution in [-0.2, 0) is 0 Å². The van der Waals surface area contributed by atoms with Gasteiger partial charge in [-0.15, -0.1) is 0 Å². The third-order valence-electron chi connectivity index (χ3n) is 3.09. The molecule has 2 N–H and O–H groups in total. The van der Waals surface area contributed by atoms with Gasteiger partial charge in [0.25, 0.3) is 5.69 Å². The fourth-order valence-corrected chi connectivity index (χ4v) is 2.31. The highest BCUT2D eigenvalue weighted by Gasteiger charge is 2.26. The Hall–Kier alpha value is -1.33. The van der Waals surface area contributed by atoms with Crippen molar-refractivity contribution in [3.63, 3.8) is 0 Å². The summed E-state index contributed by atoms with van der Waals surface area (Å²) >= 11 is 5.90. The Kier molecular flexibility index (Phi) is 3.49. The van der Waals surface area contributed by atoms with Crippen LogP contribution in [-0.4, -0.2) is 24.6 Å². The molecule has 6 heteroatoms. The summed E-state index contributed by atoms with van der Waals surface area (Å²) in [6.45, 7) is 2.17. The molecule has 0 radical (unpaired) electrons. The number of hydrogen-bond donors (Lipinski definition) is 1. The molecule has 1 saturated heterocycles. The number of nitro groups is 1. The van der Waals surface area contributed by atoms with E-state index in [1.165, 1.54) is 6.07 Å². The van der Waals surface area contributed by atoms with Gasteiger partial charge < -0.3 is 10.6 Å². The topological polar surface area (TPSA) is 72.4 Å². The molecule has 1 atom stereocenters. The molecule has 92 valence electrons. The molecule has 1 aromatic rings. The van der Waals surface area contributed by atoms with Gasteiger partial charge in [-0.1, -0.05) is 11.6 Å². The summed E-state index contributed by atoms with van der Waals surface area (Å²) in [6, 6.07) is 4.64. The van der Waals surface area contributed by atoms with Crippen molar-refractivity contribution >= 4 is 23.0 Å². The minimum atomic E-state index is -0.374. The molecule has 1 heterocycles. The van der Waals surface area contributed by atoms with E-state index in [9.17, 15) is 10.1 Å². The van der Waals surface area contributed by atoms with Crippen LogP contribution in [0.2, 0.25) is 5.02 Å². The predicted octanol–water partition coefficient (Wildman–Crippen LogP) is 2.03. The second-order valence-electron chi connectivity index (χ2n) is 4.23. The molecule has 17 heavy (non-hydrogen) atoms. The normalized spacial score (nSPS) is 19.6. The quantitative estimate of drug-likeness (QED) is 0.663. The van der Waals surface area contributed by atoms with E-state index < -0.39 is 0 Å². The molecular formula is C11H14ClN3O2. The Morgan fingerprint density at radius 2 is 2.35 bits per heavy atom. The van der Waals surface area contributed by atoms with Crippen molar-refractivity contribution in [2.75, 3.05) is 24.5 Å². The summed E-state index contributed by atoms with van der Waals surface area (Å²) < 4.78 is 0. The van der Waals surface area contributed by atoms with Gasteiger partial charge >= 0.3 is 0 Å². The van der Waals surface area contributed by atoms with Crippen LogP contribution in [0.5, 0.6) is 0 Å². The molecule has 1 fully saturated rings. The number of hydrogen-bond acceptors (Lipinski definition) is 4. The molecule has 0 amide bonds. The Labute approximate surface area is 104 Å². The fraction of sp³-hybridized carbons (Fsp3) is 0.455. The first-order valence-electron chi connectivity index (χ1n) is 5.50. The van der Waals surface area contributed by atoms with Crippen LogP contribution < -0.4 is 10.6 Å². The van der Waals surface area contributed by atoms with E-state index in [0.717, 1.165) is 19.5 Å². The zero-order valence-corrected chi connectivity index (χ0v) is 10.1. The minimum Gasteiger partial charge on any atom is -0.366 e. The van der Waals surface area contributed by atoms with Crippen LogP contribution in [0.4, 0.5) is 11.4 Å². The average molecular weight is 256 g/mol. The van der Waals surface area contributed by atoms with Crippen molar-refractivity contribution in [1.29, 1.82) is 0 Å². The second kappa shape index (κ2) is 4.89. The number of nitrogens with two attached hydrogens (primary N) is 1. The molecule has 0 saturated carbocycles. The fourth-order valence-electron chi connectivity index (χ4n) is 2.15. The summed E-state index contributed by atoms with van der Waals surface area (Å²) in [6.07, 6.45) is 0.972. The molecule has 0 spiro atoms. The first-order valence-corrected chi connectivity index (χ1v) is 5.88. The van der Waals surface area contributed by atoms with Crippen molar-refractivity contribution < 1.29 is 4.92 Å². The van der Waals surface area contributed by atoms with E-state index in [-0.39, 0.29) is 10.6 Å². The zero-order chi connectivity index (χ0) is 12.4. The van der Waals surface area contributed by atoms with Crippen molar-refractivity contribution in [1.82, 2.24) is 0 Å². The molecule has 1 unspecified atom stereocenters. The highest BCUT2D eigenvalue weighted by atomic mass is 35.5. The van der Waals surface area contributed by atoms with Crippen LogP contribution in [0.1, 0.15) is 6.42 Å². The highest BCUT2D eigenvalue weighted by Crippen LogP contribution is 2.34. The monoisotopic (exact) mass is 255 g/mol. The van der Waals surface area contributed by atoms with Gasteiger partial charge in [0, 0.05) is 24.2 Å². The Morgan fingerprint density at radius 1 is 1.59 bits per heavy atom. The van der Waals surface area contributed by atoms with E-state index >= 15 is 0 Å². The standard InChI is InChI=1S/C11H14ClN3O2/c12-9-1-2-10(15(16)17)11(5-9)14-4-3-8(6-13)7-14/h1-2,5,8H,3-4,6-7,13H2. The van der Waals surface area contributed by atoms with Gasteiger partial charge in [-0.3, -0.25) is 10.1 Å². The second-order valence-corrected chi connectivity index (χ2v) is 4.66. The van der Waals surface area contributed by atoms with Crippen LogP contribution >= 0.6 is 11.6 Å². The first kappa shape index (κ1) is 12.1. The molecule has 2 rings (SSSR count). The van der Waals surface area contributed by atoms with Crippen molar-refractivity contribution in [2.24, 2.45) is 11.7 Å². The van der Waals surface area contributed by atoms with Gasteiger partial charge in [-0.25, -0.2) is 0 Å². The Morgan fingerprint density at radius 3 is 2.94 bits per heavy atom. The molecule has 0 aliphatic carbocycles. The third-order valence-corrected chi connectivity index (χ3v) is 3.33. The average Bonchev–Trinajstić information content (AvgIpc) is 2.76. The number of anilines is 1. The van der Waals surface area contributed by atoms with E-state index in [4.69, 9.17) is 17.3 Å². The van der Waals surface area contributed by atoms with Crippen LogP contribution in [0.3, 0.4) is 0 Å². The number of nitrogens with zero attached hydrogens (tertiary/aromatic N) is 2. The molecule has 1 aliphatic heterocycles. The van der Waals surface area contributed by atoms with Gasteiger partial charge in [0.15, 0.2) is 0 Å². The number of benzene rings is 1. The maximum absolute atomic E-state index is 11.0. The first-order chi connectivity index (χ1) is 8.11. The molecule has 0 aromatic heterocycles. The van der Waals surface area contributed by atoms with Crippen LogP contribution in [0.15, 0.2) is 18.2 Å². The summed E-state index contributed by atoms with van der Waals surface area (Å²) in [7, 11) is 0. The molecule has 0 bridgehead atoms. The summed E-state index contributed by atoms with van der Waals surface area (Å²) in [5.41, 5.74) is 6.31. The van der Waals surface area contributed by atoms with Crippen LogP contribution in [0, 0.1) is 16.0 Å². The predicted molar refractivity (Wildman–Crippen MR) is 67.5 cm³/mol. The molecule has 5 nitrogen and oxygen atoms in total. The van der Waals surface area contributed by atoms with E-state index in [2.05, 4.69) is 0 Å². The lowest BCUT2D eigenvalue weighted by Gasteiger charge is -2.18. The lowest BCUT2D eigenvalue weighted by molar-refractivity contribution is -0.384. The summed E-state index contributed by atoms with van der Waals surface area (Å²) in [5, 5.41) is 11.5. The van der Waals surface area contributed by atoms with Gasteiger partial charge in [0.2, 0.25) is 0 Å². The van der Waals surface area contributed by atoms with E-state index in [1.807, 2.05) is 4.90 Å². The highest BCUT2D eigenvalue weighted by molar-refractivity contribution is 6.31. The smallest absolute Gasteiger partial charge is 0.292 e. The lowest BCUT2D eigenvalue weighted by atomic mass is 10.1. The van der Waals surface area contributed by atoms with E-state index in [0.29, 0.717) is 23.2 Å². The minimum absolute atomic E-state index is 0.104. The van der Waals surface area contributed by atoms with Gasteiger partial charge in [-0.2, -0.15) is 0 Å². The van der Waals surface area contributed by atoms with Gasteiger partial charge in [0.1, 0.15) is 5.69 Å². The third kappa shape index (κ3) is 2.50. The SMILES string of the molecule is NCC1CCN(c2cc(Cl)ccc2[N+](=O)[O-])C1. The molecular weight excluding hydrogens is 242 g/mol.